The molecule has 0 radical (unpaired) electrons. The number of benzene rings is 1. The first-order valence-electron chi connectivity index (χ1n) is 10.8. The molecule has 1 aromatic carbocycles. The first-order chi connectivity index (χ1) is 14.5. The second-order valence-corrected chi connectivity index (χ2v) is 8.93. The van der Waals surface area contributed by atoms with Crippen molar-refractivity contribution >= 4 is 11.8 Å². The second kappa shape index (κ2) is 7.33. The van der Waals surface area contributed by atoms with E-state index in [1.165, 1.54) is 6.07 Å². The number of hydrogen-bond donors (Lipinski definition) is 1. The number of halogens is 1. The van der Waals surface area contributed by atoms with Crippen LogP contribution in [0.15, 0.2) is 18.2 Å². The van der Waals surface area contributed by atoms with Gasteiger partial charge in [0, 0.05) is 25.7 Å². The highest BCUT2D eigenvalue weighted by Gasteiger charge is 2.53. The Balaban J connectivity index is 1.25. The number of aryl methyl sites for hydroxylation is 1. The maximum atomic E-state index is 13.5. The standard InChI is InChI=1S/C22H26FN5O2/c23-14-4-5-17-13(8-14)3-6-19(17)28-16-9-20(22(28)30)26(11-16)12-18(25)21(29)27-7-1-2-15(27)10-24/h4-5,8,15-16,18-20H,1-3,6-7,9,11-12,25H2/t15?,16-,18?,19-,20-/m0/s1. The summed E-state index contributed by atoms with van der Waals surface area (Å²) in [4.78, 5) is 31.5. The van der Waals surface area contributed by atoms with Gasteiger partial charge in [0.15, 0.2) is 0 Å². The quantitative estimate of drug-likeness (QED) is 0.796. The molecule has 5 atom stereocenters. The molecule has 3 aliphatic heterocycles. The number of hydrogen-bond acceptors (Lipinski definition) is 5. The molecule has 0 aromatic heterocycles. The summed E-state index contributed by atoms with van der Waals surface area (Å²) in [6.45, 7) is 1.61. The number of nitrogens with zero attached hydrogens (tertiary/aromatic N) is 4. The fourth-order valence-corrected chi connectivity index (χ4v) is 5.86. The molecule has 0 saturated carbocycles. The molecule has 2 unspecified atom stereocenters. The van der Waals surface area contributed by atoms with Crippen molar-refractivity contribution in [3.63, 3.8) is 0 Å². The van der Waals surface area contributed by atoms with E-state index in [1.54, 1.807) is 11.0 Å². The number of carbonyl (C=O) groups is 2. The van der Waals surface area contributed by atoms with Crippen LogP contribution in [0.4, 0.5) is 4.39 Å². The minimum atomic E-state index is -0.727. The van der Waals surface area contributed by atoms with Crippen molar-refractivity contribution in [2.45, 2.75) is 62.3 Å². The molecule has 3 heterocycles. The van der Waals surface area contributed by atoms with Crippen LogP contribution >= 0.6 is 0 Å². The Morgan fingerprint density at radius 1 is 1.33 bits per heavy atom. The van der Waals surface area contributed by atoms with Crippen LogP contribution in [-0.4, -0.2) is 70.3 Å². The molecule has 2 amide bonds. The fraction of sp³-hybridized carbons (Fsp3) is 0.591. The van der Waals surface area contributed by atoms with E-state index in [0.717, 1.165) is 36.8 Å². The van der Waals surface area contributed by atoms with E-state index in [1.807, 2.05) is 15.9 Å². The van der Waals surface area contributed by atoms with Gasteiger partial charge in [0.1, 0.15) is 11.9 Å². The Morgan fingerprint density at radius 3 is 2.93 bits per heavy atom. The van der Waals surface area contributed by atoms with Crippen molar-refractivity contribution in [3.05, 3.63) is 35.1 Å². The zero-order valence-corrected chi connectivity index (χ0v) is 16.8. The van der Waals surface area contributed by atoms with Crippen molar-refractivity contribution in [1.82, 2.24) is 14.7 Å². The minimum absolute atomic E-state index is 0.0153. The zero-order chi connectivity index (χ0) is 21.0. The highest BCUT2D eigenvalue weighted by molar-refractivity contribution is 5.87. The van der Waals surface area contributed by atoms with Gasteiger partial charge in [0.25, 0.3) is 0 Å². The van der Waals surface area contributed by atoms with Crippen molar-refractivity contribution < 1.29 is 14.0 Å². The van der Waals surface area contributed by atoms with E-state index >= 15 is 0 Å². The molecular weight excluding hydrogens is 385 g/mol. The maximum Gasteiger partial charge on any atom is 0.241 e. The summed E-state index contributed by atoms with van der Waals surface area (Å²) in [7, 11) is 0. The fourth-order valence-electron chi connectivity index (χ4n) is 5.86. The van der Waals surface area contributed by atoms with E-state index in [9.17, 15) is 19.2 Å². The van der Waals surface area contributed by atoms with Crippen LogP contribution in [-0.2, 0) is 16.0 Å². The van der Waals surface area contributed by atoms with Crippen molar-refractivity contribution in [3.8, 4) is 6.07 Å². The largest absolute Gasteiger partial charge is 0.330 e. The molecule has 5 rings (SSSR count). The summed E-state index contributed by atoms with van der Waals surface area (Å²) in [6, 6.07) is 5.80. The maximum absolute atomic E-state index is 13.5. The lowest BCUT2D eigenvalue weighted by Crippen LogP contribution is -2.56. The Morgan fingerprint density at radius 2 is 2.17 bits per heavy atom. The van der Waals surface area contributed by atoms with Gasteiger partial charge in [-0.3, -0.25) is 14.5 Å². The third-order valence-corrected chi connectivity index (χ3v) is 7.23. The molecule has 158 valence electrons. The molecule has 0 spiro atoms. The number of rotatable bonds is 4. The van der Waals surface area contributed by atoms with E-state index in [4.69, 9.17) is 5.73 Å². The Kier molecular flexibility index (Phi) is 4.75. The van der Waals surface area contributed by atoms with Gasteiger partial charge in [-0.05, 0) is 55.4 Å². The van der Waals surface area contributed by atoms with Gasteiger partial charge < -0.3 is 15.5 Å². The number of fused-ring (bicyclic) bond motifs is 3. The van der Waals surface area contributed by atoms with Crippen LogP contribution in [0.5, 0.6) is 0 Å². The molecule has 2 N–H and O–H groups in total. The van der Waals surface area contributed by atoms with Gasteiger partial charge >= 0.3 is 0 Å². The van der Waals surface area contributed by atoms with Gasteiger partial charge in [0.05, 0.1) is 24.2 Å². The number of piperazine rings is 1. The first-order valence-corrected chi connectivity index (χ1v) is 10.8. The van der Waals surface area contributed by atoms with Gasteiger partial charge in [-0.2, -0.15) is 5.26 Å². The van der Waals surface area contributed by atoms with E-state index < -0.39 is 6.04 Å². The van der Waals surface area contributed by atoms with Crippen molar-refractivity contribution in [2.75, 3.05) is 19.6 Å². The monoisotopic (exact) mass is 411 g/mol. The third kappa shape index (κ3) is 2.99. The normalized spacial score (nSPS) is 31.3. The SMILES string of the molecule is N#CC1CCCN1C(=O)C(N)CN1C[C@@H]2C[C@H]1C(=O)N2[C@H]1CCc2cc(F)ccc21. The molecule has 1 aromatic rings. The molecule has 4 aliphatic rings. The summed E-state index contributed by atoms with van der Waals surface area (Å²) in [6.07, 6.45) is 3.89. The van der Waals surface area contributed by atoms with Crippen LogP contribution in [0.25, 0.3) is 0 Å². The minimum Gasteiger partial charge on any atom is -0.330 e. The topological polar surface area (TPSA) is 93.7 Å². The van der Waals surface area contributed by atoms with Crippen molar-refractivity contribution in [2.24, 2.45) is 5.73 Å². The predicted octanol–water partition coefficient (Wildman–Crippen LogP) is 0.940. The van der Waals surface area contributed by atoms with Crippen molar-refractivity contribution in [1.29, 1.82) is 5.26 Å². The Hall–Kier alpha value is -2.50. The summed E-state index contributed by atoms with van der Waals surface area (Å²) < 4.78 is 13.5. The van der Waals surface area contributed by atoms with Crippen LogP contribution in [0.1, 0.15) is 42.9 Å². The third-order valence-electron chi connectivity index (χ3n) is 7.23. The smallest absolute Gasteiger partial charge is 0.241 e. The van der Waals surface area contributed by atoms with E-state index in [2.05, 4.69) is 6.07 Å². The molecule has 30 heavy (non-hydrogen) atoms. The highest BCUT2D eigenvalue weighted by atomic mass is 19.1. The number of nitriles is 1. The Labute approximate surface area is 175 Å². The lowest BCUT2D eigenvalue weighted by atomic mass is 10.1. The lowest BCUT2D eigenvalue weighted by molar-refractivity contribution is -0.141. The van der Waals surface area contributed by atoms with Crippen LogP contribution in [0, 0.1) is 17.1 Å². The first kappa shape index (κ1) is 19.5. The predicted molar refractivity (Wildman–Crippen MR) is 106 cm³/mol. The molecule has 3 fully saturated rings. The average Bonchev–Trinajstić information content (AvgIpc) is 3.49. The average molecular weight is 411 g/mol. The zero-order valence-electron chi connectivity index (χ0n) is 16.8. The Bertz CT molecular complexity index is 931. The van der Waals surface area contributed by atoms with Crippen LogP contribution in [0.2, 0.25) is 0 Å². The molecule has 3 saturated heterocycles. The summed E-state index contributed by atoms with van der Waals surface area (Å²) in [5, 5.41) is 9.22. The van der Waals surface area contributed by atoms with E-state index in [0.29, 0.717) is 26.1 Å². The number of likely N-dealkylation sites (tertiary alicyclic amines) is 3. The summed E-state index contributed by atoms with van der Waals surface area (Å²) in [5.74, 6) is -0.341. The second-order valence-electron chi connectivity index (χ2n) is 8.93. The number of carbonyl (C=O) groups excluding carboxylic acids is 2. The van der Waals surface area contributed by atoms with Crippen LogP contribution < -0.4 is 5.73 Å². The lowest BCUT2D eigenvalue weighted by Gasteiger charge is -2.38. The molecule has 7 nitrogen and oxygen atoms in total. The van der Waals surface area contributed by atoms with Gasteiger partial charge in [0.2, 0.25) is 11.8 Å². The van der Waals surface area contributed by atoms with Gasteiger partial charge in [-0.1, -0.05) is 6.07 Å². The molecule has 1 aliphatic carbocycles. The molecule has 8 heteroatoms. The van der Waals surface area contributed by atoms with Crippen LogP contribution in [0.3, 0.4) is 0 Å². The highest BCUT2D eigenvalue weighted by Crippen LogP contribution is 2.43. The molecule has 2 bridgehead atoms. The number of nitrogens with two attached hydrogens (primary N) is 1. The molecular formula is C22H26FN5O2. The van der Waals surface area contributed by atoms with E-state index in [-0.39, 0.29) is 41.8 Å². The van der Waals surface area contributed by atoms with Gasteiger partial charge in [-0.15, -0.1) is 0 Å². The van der Waals surface area contributed by atoms with Gasteiger partial charge in [-0.25, -0.2) is 4.39 Å². The summed E-state index contributed by atoms with van der Waals surface area (Å²) in [5.41, 5.74) is 8.26. The number of amides is 2. The summed E-state index contributed by atoms with van der Waals surface area (Å²) >= 11 is 0.